The number of nitrogens with zero attached hydrogens (tertiary/aromatic N) is 2. The topological polar surface area (TPSA) is 91.1 Å². The van der Waals surface area contributed by atoms with Gasteiger partial charge >= 0.3 is 12.1 Å². The quantitative estimate of drug-likeness (QED) is 0.292. The van der Waals surface area contributed by atoms with Gasteiger partial charge < -0.3 is 23.5 Å². The molecule has 1 saturated heterocycles. The zero-order valence-corrected chi connectivity index (χ0v) is 24.1. The molecule has 214 valence electrons. The SMILES string of the molecule is CCOC(=O)C1CCN(C(=O)OC(C)(C)C)CC1Cc1cccc(OCCc2nc(-c3ccccc3)oc2C)c1. The molecule has 3 aromatic rings. The van der Waals surface area contributed by atoms with Crippen molar-refractivity contribution in [1.29, 1.82) is 0 Å². The minimum Gasteiger partial charge on any atom is -0.493 e. The fourth-order valence-electron chi connectivity index (χ4n) is 4.99. The van der Waals surface area contributed by atoms with Crippen LogP contribution in [0.5, 0.6) is 5.75 Å². The van der Waals surface area contributed by atoms with E-state index < -0.39 is 5.60 Å². The van der Waals surface area contributed by atoms with Gasteiger partial charge in [0.2, 0.25) is 5.89 Å². The van der Waals surface area contributed by atoms with Gasteiger partial charge in [-0.15, -0.1) is 0 Å². The second kappa shape index (κ2) is 13.0. The highest BCUT2D eigenvalue weighted by Gasteiger charge is 2.38. The minimum absolute atomic E-state index is 0.0928. The van der Waals surface area contributed by atoms with Gasteiger partial charge in [0.15, 0.2) is 0 Å². The number of rotatable bonds is 9. The molecular formula is C32H40N2O6. The molecule has 8 heteroatoms. The summed E-state index contributed by atoms with van der Waals surface area (Å²) in [5.41, 5.74) is 2.27. The van der Waals surface area contributed by atoms with Crippen molar-refractivity contribution in [3.8, 4) is 17.2 Å². The third-order valence-electron chi connectivity index (χ3n) is 6.89. The Morgan fingerprint density at radius 2 is 1.88 bits per heavy atom. The second-order valence-corrected chi connectivity index (χ2v) is 11.2. The number of aryl methyl sites for hydroxylation is 1. The van der Waals surface area contributed by atoms with Crippen molar-refractivity contribution in [2.45, 2.75) is 59.5 Å². The molecule has 0 radical (unpaired) electrons. The second-order valence-electron chi connectivity index (χ2n) is 11.2. The van der Waals surface area contributed by atoms with Crippen molar-refractivity contribution in [2.75, 3.05) is 26.3 Å². The molecule has 0 saturated carbocycles. The summed E-state index contributed by atoms with van der Waals surface area (Å²) in [6, 6.07) is 17.7. The molecule has 2 atom stereocenters. The molecule has 1 aliphatic rings. The Bertz CT molecular complexity index is 1280. The Balaban J connectivity index is 1.39. The summed E-state index contributed by atoms with van der Waals surface area (Å²) in [5.74, 6) is 1.56. The fraction of sp³-hybridized carbons (Fsp3) is 0.469. The molecule has 8 nitrogen and oxygen atoms in total. The van der Waals surface area contributed by atoms with E-state index in [1.54, 1.807) is 4.90 Å². The number of benzene rings is 2. The van der Waals surface area contributed by atoms with Crippen LogP contribution in [0.3, 0.4) is 0 Å². The largest absolute Gasteiger partial charge is 0.493 e. The molecule has 0 N–H and O–H groups in total. The lowest BCUT2D eigenvalue weighted by atomic mass is 9.81. The van der Waals surface area contributed by atoms with Crippen LogP contribution in [-0.4, -0.2) is 53.9 Å². The summed E-state index contributed by atoms with van der Waals surface area (Å²) < 4.78 is 22.9. The highest BCUT2D eigenvalue weighted by Crippen LogP contribution is 2.30. The standard InChI is InChI=1S/C32H40N2O6/c1-6-37-30(35)27-15-17-34(31(36)40-32(3,4)5)21-25(27)19-23-11-10-14-26(20-23)38-18-16-28-22(2)39-29(33-28)24-12-8-7-9-13-24/h7-14,20,25,27H,6,15-19,21H2,1-5H3. The number of aromatic nitrogens is 1. The fourth-order valence-corrected chi connectivity index (χ4v) is 4.99. The van der Waals surface area contributed by atoms with Crippen molar-refractivity contribution in [3.63, 3.8) is 0 Å². The van der Waals surface area contributed by atoms with Crippen molar-refractivity contribution in [1.82, 2.24) is 9.88 Å². The van der Waals surface area contributed by atoms with E-state index in [4.69, 9.17) is 18.6 Å². The maximum atomic E-state index is 12.8. The summed E-state index contributed by atoms with van der Waals surface area (Å²) >= 11 is 0. The molecule has 0 spiro atoms. The number of amides is 1. The Labute approximate surface area is 236 Å². The number of esters is 1. The van der Waals surface area contributed by atoms with Gasteiger partial charge in [-0.2, -0.15) is 0 Å². The van der Waals surface area contributed by atoms with Gasteiger partial charge in [-0.1, -0.05) is 30.3 Å². The smallest absolute Gasteiger partial charge is 0.410 e. The van der Waals surface area contributed by atoms with E-state index in [0.717, 1.165) is 28.3 Å². The number of hydrogen-bond acceptors (Lipinski definition) is 7. The zero-order valence-electron chi connectivity index (χ0n) is 24.1. The Hall–Kier alpha value is -3.81. The van der Waals surface area contributed by atoms with E-state index in [0.29, 0.717) is 51.5 Å². The van der Waals surface area contributed by atoms with Gasteiger partial charge in [-0.3, -0.25) is 4.79 Å². The van der Waals surface area contributed by atoms with Crippen LogP contribution in [0.1, 0.15) is 51.1 Å². The van der Waals surface area contributed by atoms with E-state index in [2.05, 4.69) is 4.98 Å². The lowest BCUT2D eigenvalue weighted by Crippen LogP contribution is -2.48. The number of oxazole rings is 1. The van der Waals surface area contributed by atoms with Crippen molar-refractivity contribution in [3.05, 3.63) is 71.6 Å². The van der Waals surface area contributed by atoms with Crippen LogP contribution >= 0.6 is 0 Å². The van der Waals surface area contributed by atoms with Gasteiger partial charge in [0, 0.05) is 25.1 Å². The number of ether oxygens (including phenoxy) is 3. The van der Waals surface area contributed by atoms with E-state index in [1.165, 1.54) is 0 Å². The predicted molar refractivity (Wildman–Crippen MR) is 152 cm³/mol. The first-order chi connectivity index (χ1) is 19.1. The van der Waals surface area contributed by atoms with E-state index in [9.17, 15) is 9.59 Å². The highest BCUT2D eigenvalue weighted by molar-refractivity contribution is 5.74. The van der Waals surface area contributed by atoms with Gasteiger partial charge in [0.05, 0.1) is 24.8 Å². The summed E-state index contributed by atoms with van der Waals surface area (Å²) in [4.78, 5) is 31.9. The lowest BCUT2D eigenvalue weighted by molar-refractivity contribution is -0.152. The average molecular weight is 549 g/mol. The first kappa shape index (κ1) is 29.2. The van der Waals surface area contributed by atoms with Crippen LogP contribution in [0, 0.1) is 18.8 Å². The molecule has 40 heavy (non-hydrogen) atoms. The van der Waals surface area contributed by atoms with Crippen molar-refractivity contribution < 1.29 is 28.2 Å². The molecule has 4 rings (SSSR count). The first-order valence-corrected chi connectivity index (χ1v) is 14.0. The third kappa shape index (κ3) is 7.87. The van der Waals surface area contributed by atoms with E-state index >= 15 is 0 Å². The molecule has 1 aliphatic heterocycles. The van der Waals surface area contributed by atoms with E-state index in [-0.39, 0.29) is 23.9 Å². The third-order valence-corrected chi connectivity index (χ3v) is 6.89. The van der Waals surface area contributed by atoms with Crippen LogP contribution in [0.25, 0.3) is 11.5 Å². The lowest BCUT2D eigenvalue weighted by Gasteiger charge is -2.38. The van der Waals surface area contributed by atoms with Gasteiger partial charge in [-0.25, -0.2) is 9.78 Å². The first-order valence-electron chi connectivity index (χ1n) is 14.0. The summed E-state index contributed by atoms with van der Waals surface area (Å²) in [6.07, 6.45) is 1.42. The molecule has 0 aliphatic carbocycles. The number of likely N-dealkylation sites (tertiary alicyclic amines) is 1. The Morgan fingerprint density at radius 3 is 2.60 bits per heavy atom. The molecule has 2 unspecified atom stereocenters. The normalized spacial score (nSPS) is 17.4. The Morgan fingerprint density at radius 1 is 1.10 bits per heavy atom. The van der Waals surface area contributed by atoms with Crippen LogP contribution < -0.4 is 4.74 Å². The minimum atomic E-state index is -0.579. The molecule has 1 fully saturated rings. The molecule has 2 heterocycles. The molecule has 2 aromatic carbocycles. The number of hydrogen-bond donors (Lipinski definition) is 0. The van der Waals surface area contributed by atoms with Crippen LogP contribution in [0.4, 0.5) is 4.79 Å². The summed E-state index contributed by atoms with van der Waals surface area (Å²) in [7, 11) is 0. The van der Waals surface area contributed by atoms with E-state index in [1.807, 2.05) is 89.2 Å². The maximum absolute atomic E-state index is 12.8. The summed E-state index contributed by atoms with van der Waals surface area (Å²) in [5, 5.41) is 0. The number of piperidine rings is 1. The average Bonchev–Trinajstić information content (AvgIpc) is 3.29. The van der Waals surface area contributed by atoms with Gasteiger partial charge in [-0.05, 0) is 83.2 Å². The predicted octanol–water partition coefficient (Wildman–Crippen LogP) is 6.25. The van der Waals surface area contributed by atoms with Gasteiger partial charge in [0.1, 0.15) is 17.1 Å². The maximum Gasteiger partial charge on any atom is 0.410 e. The molecular weight excluding hydrogens is 508 g/mol. The Kier molecular flexibility index (Phi) is 9.50. The van der Waals surface area contributed by atoms with Crippen LogP contribution in [-0.2, 0) is 27.1 Å². The van der Waals surface area contributed by atoms with Crippen molar-refractivity contribution in [2.24, 2.45) is 11.8 Å². The monoisotopic (exact) mass is 548 g/mol. The van der Waals surface area contributed by atoms with Crippen LogP contribution in [0.15, 0.2) is 59.0 Å². The zero-order chi connectivity index (χ0) is 28.7. The highest BCUT2D eigenvalue weighted by atomic mass is 16.6. The molecule has 1 amide bonds. The molecule has 0 bridgehead atoms. The number of carbonyl (C=O) groups excluding carboxylic acids is 2. The molecule has 1 aromatic heterocycles. The van der Waals surface area contributed by atoms with Gasteiger partial charge in [0.25, 0.3) is 0 Å². The number of carbonyl (C=O) groups is 2. The summed E-state index contributed by atoms with van der Waals surface area (Å²) in [6.45, 7) is 11.0. The van der Waals surface area contributed by atoms with Crippen molar-refractivity contribution >= 4 is 12.1 Å². The van der Waals surface area contributed by atoms with Crippen LogP contribution in [0.2, 0.25) is 0 Å².